The number of hydrogen-bond donors (Lipinski definition) is 1. The van der Waals surface area contributed by atoms with Crippen LogP contribution in [0.1, 0.15) is 71.6 Å². The third kappa shape index (κ3) is 1.72. The summed E-state index contributed by atoms with van der Waals surface area (Å²) in [5.74, 6) is 3.22. The summed E-state index contributed by atoms with van der Waals surface area (Å²) in [5.41, 5.74) is 0.109. The zero-order valence-electron chi connectivity index (χ0n) is 13.6. The third-order valence-corrected chi connectivity index (χ3v) is 8.42. The van der Waals surface area contributed by atoms with Crippen LogP contribution in [-0.2, 0) is 4.79 Å². The van der Waals surface area contributed by atoms with E-state index < -0.39 is 0 Å². The summed E-state index contributed by atoms with van der Waals surface area (Å²) >= 11 is 0. The summed E-state index contributed by atoms with van der Waals surface area (Å²) in [6.07, 6.45) is 10.2. The van der Waals surface area contributed by atoms with E-state index in [4.69, 9.17) is 0 Å². The highest BCUT2D eigenvalue weighted by Gasteiger charge is 2.61. The van der Waals surface area contributed by atoms with Crippen molar-refractivity contribution >= 4 is 5.78 Å². The van der Waals surface area contributed by atoms with E-state index in [-0.39, 0.29) is 16.9 Å². The van der Waals surface area contributed by atoms with E-state index >= 15 is 0 Å². The van der Waals surface area contributed by atoms with Crippen molar-refractivity contribution < 1.29 is 9.90 Å². The van der Waals surface area contributed by atoms with Crippen LogP contribution >= 0.6 is 0 Å². The first-order valence-electron chi connectivity index (χ1n) is 9.19. The monoisotopic (exact) mass is 290 g/mol. The molecule has 2 heteroatoms. The number of carbonyl (C=O) groups excluding carboxylic acids is 1. The predicted molar refractivity (Wildman–Crippen MR) is 82.7 cm³/mol. The molecule has 7 atom stereocenters. The number of aliphatic hydroxyl groups excluding tert-OH is 1. The Morgan fingerprint density at radius 2 is 1.81 bits per heavy atom. The van der Waals surface area contributed by atoms with E-state index in [1.807, 2.05) is 0 Å². The van der Waals surface area contributed by atoms with Crippen LogP contribution < -0.4 is 0 Å². The third-order valence-electron chi connectivity index (χ3n) is 8.42. The largest absolute Gasteiger partial charge is 0.393 e. The van der Waals surface area contributed by atoms with Crippen molar-refractivity contribution in [2.45, 2.75) is 77.7 Å². The highest BCUT2D eigenvalue weighted by atomic mass is 16.3. The highest BCUT2D eigenvalue weighted by Crippen LogP contribution is 2.65. The number of rotatable bonds is 0. The van der Waals surface area contributed by atoms with Gasteiger partial charge < -0.3 is 5.11 Å². The van der Waals surface area contributed by atoms with Crippen LogP contribution in [-0.4, -0.2) is 17.0 Å². The fourth-order valence-electron chi connectivity index (χ4n) is 7.08. The molecule has 0 aromatic rings. The van der Waals surface area contributed by atoms with Crippen LogP contribution in [0.4, 0.5) is 0 Å². The van der Waals surface area contributed by atoms with Crippen molar-refractivity contribution in [3.63, 3.8) is 0 Å². The van der Waals surface area contributed by atoms with Gasteiger partial charge in [-0.15, -0.1) is 0 Å². The van der Waals surface area contributed by atoms with Gasteiger partial charge in [0.05, 0.1) is 6.10 Å². The molecule has 0 aromatic carbocycles. The summed E-state index contributed by atoms with van der Waals surface area (Å²) in [6.45, 7) is 4.63. The molecule has 0 heterocycles. The second-order valence-electron chi connectivity index (χ2n) is 8.88. The van der Waals surface area contributed by atoms with Crippen molar-refractivity contribution in [2.24, 2.45) is 34.5 Å². The Morgan fingerprint density at radius 1 is 1.00 bits per heavy atom. The van der Waals surface area contributed by atoms with Crippen LogP contribution in [0.15, 0.2) is 0 Å². The maximum atomic E-state index is 12.4. The van der Waals surface area contributed by atoms with Crippen molar-refractivity contribution in [2.75, 3.05) is 0 Å². The van der Waals surface area contributed by atoms with Crippen LogP contribution in [0.25, 0.3) is 0 Å². The zero-order chi connectivity index (χ0) is 14.8. The van der Waals surface area contributed by atoms with Gasteiger partial charge in [0.1, 0.15) is 5.78 Å². The smallest absolute Gasteiger partial charge is 0.139 e. The summed E-state index contributed by atoms with van der Waals surface area (Å²) < 4.78 is 0. The summed E-state index contributed by atoms with van der Waals surface area (Å²) in [6, 6.07) is 0. The molecule has 0 spiro atoms. The molecule has 0 aromatic heterocycles. The first-order chi connectivity index (χ1) is 9.98. The molecule has 2 unspecified atom stereocenters. The molecule has 4 aliphatic rings. The van der Waals surface area contributed by atoms with E-state index in [1.54, 1.807) is 0 Å². The van der Waals surface area contributed by atoms with Crippen LogP contribution in [0.3, 0.4) is 0 Å². The van der Waals surface area contributed by atoms with E-state index in [2.05, 4.69) is 13.8 Å². The molecule has 0 aliphatic heterocycles. The summed E-state index contributed by atoms with van der Waals surface area (Å²) in [7, 11) is 0. The number of hydrogen-bond acceptors (Lipinski definition) is 2. The van der Waals surface area contributed by atoms with Gasteiger partial charge in [-0.1, -0.05) is 20.3 Å². The minimum absolute atomic E-state index is 0.0238. The van der Waals surface area contributed by atoms with Crippen molar-refractivity contribution in [3.05, 3.63) is 0 Å². The molecule has 4 aliphatic carbocycles. The molecule has 1 N–H and O–H groups in total. The number of ketones is 1. The molecule has 21 heavy (non-hydrogen) atoms. The molecule has 0 saturated heterocycles. The zero-order valence-corrected chi connectivity index (χ0v) is 13.6. The lowest BCUT2D eigenvalue weighted by Gasteiger charge is -2.61. The van der Waals surface area contributed by atoms with Crippen molar-refractivity contribution in [3.8, 4) is 0 Å². The van der Waals surface area contributed by atoms with Gasteiger partial charge in [-0.2, -0.15) is 0 Å². The molecule has 118 valence electrons. The molecule has 0 radical (unpaired) electrons. The lowest BCUT2D eigenvalue weighted by atomic mass is 9.44. The average Bonchev–Trinajstić information content (AvgIpc) is 2.76. The minimum atomic E-state index is -0.106. The maximum Gasteiger partial charge on any atom is 0.139 e. The van der Waals surface area contributed by atoms with Crippen LogP contribution in [0.2, 0.25) is 0 Å². The Labute approximate surface area is 128 Å². The molecule has 0 amide bonds. The Hall–Kier alpha value is -0.370. The highest BCUT2D eigenvalue weighted by molar-refractivity contribution is 5.87. The van der Waals surface area contributed by atoms with Gasteiger partial charge in [0.2, 0.25) is 0 Å². The number of Topliss-reactive ketones (excluding diaryl/α,β-unsaturated/α-hetero) is 1. The van der Waals surface area contributed by atoms with Gasteiger partial charge in [-0.05, 0) is 74.0 Å². The van der Waals surface area contributed by atoms with Gasteiger partial charge in [-0.25, -0.2) is 0 Å². The number of aliphatic hydroxyl groups is 1. The predicted octanol–water partition coefficient (Wildman–Crippen LogP) is 3.96. The molecular formula is C19H30O2. The lowest BCUT2D eigenvalue weighted by molar-refractivity contribution is -0.163. The quantitative estimate of drug-likeness (QED) is 0.733. The topological polar surface area (TPSA) is 37.3 Å². The van der Waals surface area contributed by atoms with Crippen molar-refractivity contribution in [1.82, 2.24) is 0 Å². The summed E-state index contributed by atoms with van der Waals surface area (Å²) in [5, 5.41) is 10.8. The van der Waals surface area contributed by atoms with Crippen LogP contribution in [0.5, 0.6) is 0 Å². The van der Waals surface area contributed by atoms with Gasteiger partial charge in [0.15, 0.2) is 0 Å². The Morgan fingerprint density at radius 3 is 2.62 bits per heavy atom. The van der Waals surface area contributed by atoms with Gasteiger partial charge in [0.25, 0.3) is 0 Å². The van der Waals surface area contributed by atoms with Crippen molar-refractivity contribution in [1.29, 1.82) is 0 Å². The average molecular weight is 290 g/mol. The number of carbonyl (C=O) groups is 1. The molecule has 2 nitrogen and oxygen atoms in total. The van der Waals surface area contributed by atoms with Gasteiger partial charge >= 0.3 is 0 Å². The maximum absolute atomic E-state index is 12.4. The van der Waals surface area contributed by atoms with E-state index in [0.717, 1.165) is 31.6 Å². The Bertz CT molecular complexity index is 458. The first kappa shape index (κ1) is 14.2. The summed E-state index contributed by atoms with van der Waals surface area (Å²) in [4.78, 5) is 12.4. The fraction of sp³-hybridized carbons (Fsp3) is 0.947. The van der Waals surface area contributed by atoms with E-state index in [0.29, 0.717) is 23.5 Å². The number of fused-ring (bicyclic) bond motifs is 5. The standard InChI is InChI=1S/C19H30O2/c1-18-11-10-15-13(14(18)8-9-16(18)20)7-6-12-4-3-5-17(21)19(12,15)2/h12-15,17,21H,3-11H2,1-2H3/t12?,13-,14-,15+,17?,18-,19-/m0/s1. The molecule has 4 fully saturated rings. The fourth-order valence-corrected chi connectivity index (χ4v) is 7.08. The second-order valence-corrected chi connectivity index (χ2v) is 8.88. The Balaban J connectivity index is 1.69. The SMILES string of the molecule is C[C@]12C(O)CCCC1CC[C@@H]1[C@H]2CC[C@]2(C)C(=O)CC[C@@H]12. The normalized spacial score (nSPS) is 56.5. The van der Waals surface area contributed by atoms with E-state index in [1.165, 1.54) is 32.1 Å². The lowest BCUT2D eigenvalue weighted by Crippen LogP contribution is -2.57. The molecule has 4 saturated carbocycles. The minimum Gasteiger partial charge on any atom is -0.393 e. The van der Waals surface area contributed by atoms with E-state index in [9.17, 15) is 9.90 Å². The van der Waals surface area contributed by atoms with Crippen LogP contribution in [0, 0.1) is 34.5 Å². The van der Waals surface area contributed by atoms with Gasteiger partial charge in [-0.3, -0.25) is 4.79 Å². The molecule has 0 bridgehead atoms. The molecular weight excluding hydrogens is 260 g/mol. The Kier molecular flexibility index (Phi) is 3.10. The second kappa shape index (κ2) is 4.57. The molecule has 4 rings (SSSR count). The first-order valence-corrected chi connectivity index (χ1v) is 9.19. The van der Waals surface area contributed by atoms with Gasteiger partial charge in [0, 0.05) is 11.8 Å².